The first-order valence-corrected chi connectivity index (χ1v) is 10.9. The number of thiocarbonyl (C=S) groups is 1. The predicted octanol–water partition coefficient (Wildman–Crippen LogP) is 2.90. The van der Waals surface area contributed by atoms with Gasteiger partial charge in [0.05, 0.1) is 23.1 Å². The summed E-state index contributed by atoms with van der Waals surface area (Å²) in [6.07, 6.45) is 6.12. The molecule has 9 heteroatoms. The third kappa shape index (κ3) is 4.08. The van der Waals surface area contributed by atoms with E-state index in [1.807, 2.05) is 13.0 Å². The number of carbonyl (C=O) groups is 1. The lowest BCUT2D eigenvalue weighted by Crippen LogP contribution is -2.35. The van der Waals surface area contributed by atoms with Crippen molar-refractivity contribution < 1.29 is 9.53 Å². The molecule has 0 aliphatic carbocycles. The molecule has 2 aromatic rings. The maximum absolute atomic E-state index is 13.1. The SMILES string of the molecule is CCCNc1nc2ccccn2c(=O)c1/C=C1/SC(=S)N(CC2CCCO2)C1=O. The molecule has 0 aromatic carbocycles. The molecule has 2 aliphatic heterocycles. The van der Waals surface area contributed by atoms with Crippen LogP contribution in [-0.4, -0.2) is 50.3 Å². The van der Waals surface area contributed by atoms with E-state index in [4.69, 9.17) is 17.0 Å². The number of carbonyl (C=O) groups excluding carboxylic acids is 1. The molecule has 1 amide bonds. The first-order valence-electron chi connectivity index (χ1n) is 9.70. The molecule has 1 atom stereocenters. The fraction of sp³-hybridized carbons (Fsp3) is 0.400. The van der Waals surface area contributed by atoms with E-state index in [-0.39, 0.29) is 17.6 Å². The number of thioether (sulfide) groups is 1. The molecule has 0 saturated carbocycles. The van der Waals surface area contributed by atoms with Gasteiger partial charge in [-0.05, 0) is 37.5 Å². The van der Waals surface area contributed by atoms with Crippen LogP contribution in [0.4, 0.5) is 5.82 Å². The number of anilines is 1. The summed E-state index contributed by atoms with van der Waals surface area (Å²) in [6.45, 7) is 3.90. The Labute approximate surface area is 178 Å². The number of nitrogens with zero attached hydrogens (tertiary/aromatic N) is 3. The highest BCUT2D eigenvalue weighted by Crippen LogP contribution is 2.34. The Bertz CT molecular complexity index is 1040. The van der Waals surface area contributed by atoms with Gasteiger partial charge in [-0.25, -0.2) is 4.98 Å². The number of ether oxygens (including phenoxy) is 1. The van der Waals surface area contributed by atoms with Gasteiger partial charge in [-0.15, -0.1) is 0 Å². The molecule has 1 N–H and O–H groups in total. The molecule has 2 saturated heterocycles. The molecule has 0 radical (unpaired) electrons. The highest BCUT2D eigenvalue weighted by molar-refractivity contribution is 8.26. The molecule has 7 nitrogen and oxygen atoms in total. The Morgan fingerprint density at radius 3 is 3.03 bits per heavy atom. The standard InChI is InChI=1S/C20H22N4O3S2/c1-2-8-21-17-14(18(25)23-9-4-3-7-16(23)22-17)11-15-19(26)24(20(28)29-15)12-13-6-5-10-27-13/h3-4,7,9,11,13,21H,2,5-6,8,10,12H2,1H3/b15-11+. The fourth-order valence-corrected chi connectivity index (χ4v) is 4.65. The smallest absolute Gasteiger partial charge is 0.267 e. The number of aromatic nitrogens is 2. The molecule has 1 unspecified atom stereocenters. The minimum atomic E-state index is -0.224. The minimum absolute atomic E-state index is 0.0200. The number of nitrogens with one attached hydrogen (secondary N) is 1. The van der Waals surface area contributed by atoms with Crippen LogP contribution in [-0.2, 0) is 9.53 Å². The minimum Gasteiger partial charge on any atom is -0.376 e. The van der Waals surface area contributed by atoms with Crippen molar-refractivity contribution in [2.24, 2.45) is 0 Å². The lowest BCUT2D eigenvalue weighted by Gasteiger charge is -2.18. The average molecular weight is 431 g/mol. The lowest BCUT2D eigenvalue weighted by atomic mass is 10.2. The number of pyridine rings is 1. The molecule has 0 bridgehead atoms. The van der Waals surface area contributed by atoms with E-state index in [2.05, 4.69) is 10.3 Å². The second-order valence-corrected chi connectivity index (χ2v) is 8.64. The Kier molecular flexibility index (Phi) is 5.98. The summed E-state index contributed by atoms with van der Waals surface area (Å²) in [5.41, 5.74) is 0.692. The van der Waals surface area contributed by atoms with Gasteiger partial charge in [0.1, 0.15) is 15.8 Å². The molecular weight excluding hydrogens is 408 g/mol. The van der Waals surface area contributed by atoms with Gasteiger partial charge in [-0.3, -0.25) is 18.9 Å². The molecule has 152 valence electrons. The summed E-state index contributed by atoms with van der Waals surface area (Å²) in [7, 11) is 0. The maximum Gasteiger partial charge on any atom is 0.267 e. The zero-order chi connectivity index (χ0) is 20.4. The van der Waals surface area contributed by atoms with Gasteiger partial charge in [0.2, 0.25) is 0 Å². The zero-order valence-electron chi connectivity index (χ0n) is 16.1. The van der Waals surface area contributed by atoms with Crippen molar-refractivity contribution in [2.45, 2.75) is 32.3 Å². The van der Waals surface area contributed by atoms with Crippen LogP contribution in [0.1, 0.15) is 31.7 Å². The van der Waals surface area contributed by atoms with Crippen molar-refractivity contribution in [3.8, 4) is 0 Å². The summed E-state index contributed by atoms with van der Waals surface area (Å²) in [5.74, 6) is 0.293. The van der Waals surface area contributed by atoms with Crippen LogP contribution in [0.25, 0.3) is 11.7 Å². The van der Waals surface area contributed by atoms with Crippen LogP contribution < -0.4 is 10.9 Å². The largest absolute Gasteiger partial charge is 0.376 e. The summed E-state index contributed by atoms with van der Waals surface area (Å²) in [6, 6.07) is 5.39. The first kappa shape index (κ1) is 20.1. The second-order valence-electron chi connectivity index (χ2n) is 6.96. The number of amides is 1. The zero-order valence-corrected chi connectivity index (χ0v) is 17.7. The second kappa shape index (κ2) is 8.64. The monoisotopic (exact) mass is 430 g/mol. The summed E-state index contributed by atoms with van der Waals surface area (Å²) in [4.78, 5) is 32.6. The summed E-state index contributed by atoms with van der Waals surface area (Å²) >= 11 is 6.63. The Hall–Kier alpha value is -2.23. The summed E-state index contributed by atoms with van der Waals surface area (Å²) < 4.78 is 7.62. The topological polar surface area (TPSA) is 75.9 Å². The third-order valence-corrected chi connectivity index (χ3v) is 6.25. The molecule has 2 fully saturated rings. The van der Waals surface area contributed by atoms with Gasteiger partial charge in [0.25, 0.3) is 11.5 Å². The van der Waals surface area contributed by atoms with Crippen molar-refractivity contribution in [1.82, 2.24) is 14.3 Å². The number of fused-ring (bicyclic) bond motifs is 1. The quantitative estimate of drug-likeness (QED) is 0.558. The molecular formula is C20H22N4O3S2. The van der Waals surface area contributed by atoms with Gasteiger partial charge in [-0.1, -0.05) is 37.0 Å². The van der Waals surface area contributed by atoms with E-state index in [9.17, 15) is 9.59 Å². The summed E-state index contributed by atoms with van der Waals surface area (Å²) in [5, 5.41) is 3.21. The number of hydrogen-bond acceptors (Lipinski definition) is 7. The van der Waals surface area contributed by atoms with E-state index >= 15 is 0 Å². The lowest BCUT2D eigenvalue weighted by molar-refractivity contribution is -0.123. The Morgan fingerprint density at radius 1 is 1.41 bits per heavy atom. The van der Waals surface area contributed by atoms with Crippen molar-refractivity contribution in [3.05, 3.63) is 45.2 Å². The van der Waals surface area contributed by atoms with E-state index in [1.165, 1.54) is 16.2 Å². The number of hydrogen-bond donors (Lipinski definition) is 1. The maximum atomic E-state index is 13.1. The normalized spacial score (nSPS) is 20.9. The highest BCUT2D eigenvalue weighted by Gasteiger charge is 2.35. The molecule has 0 spiro atoms. The van der Waals surface area contributed by atoms with Gasteiger partial charge < -0.3 is 10.1 Å². The van der Waals surface area contributed by atoms with Crippen molar-refractivity contribution in [2.75, 3.05) is 25.0 Å². The first-order chi connectivity index (χ1) is 14.1. The Morgan fingerprint density at radius 2 is 2.28 bits per heavy atom. The van der Waals surface area contributed by atoms with Gasteiger partial charge in [-0.2, -0.15) is 0 Å². The van der Waals surface area contributed by atoms with Crippen LogP contribution in [0.5, 0.6) is 0 Å². The van der Waals surface area contributed by atoms with Crippen LogP contribution in [0.2, 0.25) is 0 Å². The molecule has 4 rings (SSSR count). The fourth-order valence-electron chi connectivity index (χ4n) is 3.39. The van der Waals surface area contributed by atoms with Gasteiger partial charge in [0.15, 0.2) is 0 Å². The predicted molar refractivity (Wildman–Crippen MR) is 119 cm³/mol. The van der Waals surface area contributed by atoms with Crippen LogP contribution in [0.15, 0.2) is 34.1 Å². The van der Waals surface area contributed by atoms with E-state index in [0.717, 1.165) is 25.9 Å². The molecule has 2 aliphatic rings. The van der Waals surface area contributed by atoms with Crippen molar-refractivity contribution in [3.63, 3.8) is 0 Å². The van der Waals surface area contributed by atoms with Crippen LogP contribution in [0, 0.1) is 0 Å². The van der Waals surface area contributed by atoms with Gasteiger partial charge >= 0.3 is 0 Å². The van der Waals surface area contributed by atoms with Crippen molar-refractivity contribution in [1.29, 1.82) is 0 Å². The van der Waals surface area contributed by atoms with E-state index < -0.39 is 0 Å². The highest BCUT2D eigenvalue weighted by atomic mass is 32.2. The van der Waals surface area contributed by atoms with Crippen molar-refractivity contribution >= 4 is 51.7 Å². The number of rotatable bonds is 6. The Balaban J connectivity index is 1.71. The molecule has 29 heavy (non-hydrogen) atoms. The molecule has 2 aromatic heterocycles. The average Bonchev–Trinajstić information content (AvgIpc) is 3.33. The van der Waals surface area contributed by atoms with Crippen LogP contribution >= 0.6 is 24.0 Å². The third-order valence-electron chi connectivity index (χ3n) is 4.87. The van der Waals surface area contributed by atoms with E-state index in [0.29, 0.717) is 39.3 Å². The van der Waals surface area contributed by atoms with Crippen LogP contribution in [0.3, 0.4) is 0 Å². The van der Waals surface area contributed by atoms with Gasteiger partial charge in [0, 0.05) is 19.3 Å². The van der Waals surface area contributed by atoms with E-state index in [1.54, 1.807) is 29.3 Å². The molecule has 4 heterocycles.